The molecule has 0 aliphatic carbocycles. The van der Waals surface area contributed by atoms with Crippen LogP contribution in [-0.2, 0) is 16.0 Å². The van der Waals surface area contributed by atoms with Gasteiger partial charge in [-0.15, -0.1) is 0 Å². The molecule has 6 nitrogen and oxygen atoms in total. The summed E-state index contributed by atoms with van der Waals surface area (Å²) in [4.78, 5) is 31.0. The molecule has 1 fully saturated rings. The number of nitrogens with one attached hydrogen (secondary N) is 2. The maximum absolute atomic E-state index is 12.3. The number of amidine groups is 1. The van der Waals surface area contributed by atoms with Gasteiger partial charge in [0.2, 0.25) is 11.8 Å². The topological polar surface area (TPSA) is 73.8 Å². The number of carbonyl (C=O) groups is 2. The van der Waals surface area contributed by atoms with Crippen molar-refractivity contribution in [2.45, 2.75) is 25.0 Å². The van der Waals surface area contributed by atoms with Gasteiger partial charge in [0.15, 0.2) is 5.17 Å². The second-order valence-electron chi connectivity index (χ2n) is 6.73. The van der Waals surface area contributed by atoms with Crippen molar-refractivity contribution in [1.82, 2.24) is 5.32 Å². The van der Waals surface area contributed by atoms with Crippen LogP contribution in [-0.4, -0.2) is 36.3 Å². The SMILES string of the molecule is CCc1ccc(NC(=O)CC2SC(=Nc3ccc(N(C)C)cc3)NC2=O)cc1. The van der Waals surface area contributed by atoms with Gasteiger partial charge in [-0.05, 0) is 48.4 Å². The van der Waals surface area contributed by atoms with Gasteiger partial charge >= 0.3 is 0 Å². The van der Waals surface area contributed by atoms with Crippen molar-refractivity contribution in [1.29, 1.82) is 0 Å². The standard InChI is InChI=1S/C21H24N4O2S/c1-4-14-5-7-15(8-6-14)22-19(26)13-18-20(27)24-21(28-18)23-16-9-11-17(12-10-16)25(2)3/h5-12,18H,4,13H2,1-3H3,(H,22,26)(H,23,24,27). The number of carbonyl (C=O) groups excluding carboxylic acids is 2. The number of rotatable bonds is 6. The number of aliphatic imine (C=N–C) groups is 1. The second-order valence-corrected chi connectivity index (χ2v) is 7.92. The Morgan fingerprint density at radius 2 is 1.82 bits per heavy atom. The fraction of sp³-hybridized carbons (Fsp3) is 0.286. The molecular weight excluding hydrogens is 372 g/mol. The molecule has 3 rings (SSSR count). The third-order valence-corrected chi connectivity index (χ3v) is 5.47. The van der Waals surface area contributed by atoms with E-state index in [1.165, 1.54) is 17.3 Å². The molecule has 146 valence electrons. The lowest BCUT2D eigenvalue weighted by molar-refractivity contribution is -0.122. The van der Waals surface area contributed by atoms with Crippen molar-refractivity contribution in [3.63, 3.8) is 0 Å². The molecule has 0 spiro atoms. The molecule has 28 heavy (non-hydrogen) atoms. The van der Waals surface area contributed by atoms with Gasteiger partial charge in [-0.2, -0.15) is 0 Å². The van der Waals surface area contributed by atoms with E-state index < -0.39 is 5.25 Å². The third kappa shape index (κ3) is 5.13. The summed E-state index contributed by atoms with van der Waals surface area (Å²) < 4.78 is 0. The Bertz CT molecular complexity index is 876. The summed E-state index contributed by atoms with van der Waals surface area (Å²) in [6, 6.07) is 15.5. The summed E-state index contributed by atoms with van der Waals surface area (Å²) in [5.41, 5.74) is 3.78. The van der Waals surface area contributed by atoms with Crippen molar-refractivity contribution >= 4 is 45.8 Å². The molecule has 1 saturated heterocycles. The minimum Gasteiger partial charge on any atom is -0.378 e. The van der Waals surface area contributed by atoms with Crippen LogP contribution in [0, 0.1) is 0 Å². The average molecular weight is 397 g/mol. The van der Waals surface area contributed by atoms with Crippen molar-refractivity contribution in [2.75, 3.05) is 24.3 Å². The smallest absolute Gasteiger partial charge is 0.240 e. The van der Waals surface area contributed by atoms with Crippen molar-refractivity contribution in [3.8, 4) is 0 Å². The van der Waals surface area contributed by atoms with Crippen LogP contribution in [0.1, 0.15) is 18.9 Å². The Balaban J connectivity index is 1.58. The number of hydrogen-bond acceptors (Lipinski definition) is 5. The molecule has 2 aromatic rings. The molecule has 0 aromatic heterocycles. The van der Waals surface area contributed by atoms with E-state index in [9.17, 15) is 9.59 Å². The fourth-order valence-electron chi connectivity index (χ4n) is 2.74. The Morgan fingerprint density at radius 1 is 1.14 bits per heavy atom. The van der Waals surface area contributed by atoms with Gasteiger partial charge in [0.05, 0.1) is 5.69 Å². The molecule has 1 aliphatic heterocycles. The Hall–Kier alpha value is -2.80. The van der Waals surface area contributed by atoms with Gasteiger partial charge in [0, 0.05) is 31.9 Å². The van der Waals surface area contributed by atoms with E-state index in [0.29, 0.717) is 5.17 Å². The van der Waals surface area contributed by atoms with E-state index in [0.717, 1.165) is 23.5 Å². The van der Waals surface area contributed by atoms with Crippen molar-refractivity contribution in [2.24, 2.45) is 4.99 Å². The lowest BCUT2D eigenvalue weighted by atomic mass is 10.1. The molecule has 1 aliphatic rings. The van der Waals surface area contributed by atoms with Crippen LogP contribution in [0.3, 0.4) is 0 Å². The molecule has 0 saturated carbocycles. The number of hydrogen-bond donors (Lipinski definition) is 2. The predicted molar refractivity (Wildman–Crippen MR) is 116 cm³/mol. The van der Waals surface area contributed by atoms with Gasteiger partial charge in [0.25, 0.3) is 0 Å². The Morgan fingerprint density at radius 3 is 2.43 bits per heavy atom. The number of aryl methyl sites for hydroxylation is 1. The predicted octanol–water partition coefficient (Wildman–Crippen LogP) is 3.56. The first-order chi connectivity index (χ1) is 13.4. The molecular formula is C21H24N4O2S. The van der Waals surface area contributed by atoms with E-state index in [1.54, 1.807) is 0 Å². The summed E-state index contributed by atoms with van der Waals surface area (Å²) in [5, 5.41) is 5.65. The Labute approximate surface area is 169 Å². The zero-order valence-corrected chi connectivity index (χ0v) is 17.0. The summed E-state index contributed by atoms with van der Waals surface area (Å²) in [7, 11) is 3.95. The molecule has 0 radical (unpaired) electrons. The zero-order chi connectivity index (χ0) is 20.1. The van der Waals surface area contributed by atoms with E-state index in [1.807, 2.05) is 67.5 Å². The first-order valence-corrected chi connectivity index (χ1v) is 10.0. The first-order valence-electron chi connectivity index (χ1n) is 9.17. The highest BCUT2D eigenvalue weighted by Gasteiger charge is 2.32. The van der Waals surface area contributed by atoms with Gasteiger partial charge in [-0.3, -0.25) is 9.59 Å². The van der Waals surface area contributed by atoms with Crippen LogP contribution in [0.5, 0.6) is 0 Å². The zero-order valence-electron chi connectivity index (χ0n) is 16.2. The highest BCUT2D eigenvalue weighted by Crippen LogP contribution is 2.26. The monoisotopic (exact) mass is 396 g/mol. The number of anilines is 2. The van der Waals surface area contributed by atoms with E-state index >= 15 is 0 Å². The largest absolute Gasteiger partial charge is 0.378 e. The van der Waals surface area contributed by atoms with Crippen LogP contribution in [0.2, 0.25) is 0 Å². The van der Waals surface area contributed by atoms with Crippen LogP contribution in [0.15, 0.2) is 53.5 Å². The minimum absolute atomic E-state index is 0.102. The third-order valence-electron chi connectivity index (χ3n) is 4.39. The lowest BCUT2D eigenvalue weighted by Gasteiger charge is -2.11. The summed E-state index contributed by atoms with van der Waals surface area (Å²) in [6.07, 6.45) is 1.05. The second kappa shape index (κ2) is 8.93. The summed E-state index contributed by atoms with van der Waals surface area (Å²) >= 11 is 1.29. The summed E-state index contributed by atoms with van der Waals surface area (Å²) in [6.45, 7) is 2.08. The van der Waals surface area contributed by atoms with Crippen LogP contribution in [0.25, 0.3) is 0 Å². The highest BCUT2D eigenvalue weighted by molar-refractivity contribution is 8.15. The first kappa shape index (κ1) is 19.9. The maximum Gasteiger partial charge on any atom is 0.240 e. The molecule has 2 amide bonds. The number of amides is 2. The van der Waals surface area contributed by atoms with Crippen LogP contribution in [0.4, 0.5) is 17.1 Å². The van der Waals surface area contributed by atoms with Crippen molar-refractivity contribution < 1.29 is 9.59 Å². The number of nitrogens with zero attached hydrogens (tertiary/aromatic N) is 2. The Kier molecular flexibility index (Phi) is 6.36. The van der Waals surface area contributed by atoms with Gasteiger partial charge in [0.1, 0.15) is 5.25 Å². The molecule has 7 heteroatoms. The maximum atomic E-state index is 12.3. The molecule has 2 aromatic carbocycles. The highest BCUT2D eigenvalue weighted by atomic mass is 32.2. The van der Waals surface area contributed by atoms with Crippen molar-refractivity contribution in [3.05, 3.63) is 54.1 Å². The molecule has 0 bridgehead atoms. The molecule has 1 unspecified atom stereocenters. The minimum atomic E-state index is -0.477. The van der Waals surface area contributed by atoms with E-state index in [4.69, 9.17) is 0 Å². The molecule has 1 atom stereocenters. The van der Waals surface area contributed by atoms with E-state index in [2.05, 4.69) is 22.5 Å². The van der Waals surface area contributed by atoms with Crippen LogP contribution >= 0.6 is 11.8 Å². The molecule has 1 heterocycles. The quantitative estimate of drug-likeness (QED) is 0.783. The van der Waals surface area contributed by atoms with Gasteiger partial charge in [-0.25, -0.2) is 4.99 Å². The fourth-order valence-corrected chi connectivity index (χ4v) is 3.73. The van der Waals surface area contributed by atoms with E-state index in [-0.39, 0.29) is 18.2 Å². The van der Waals surface area contributed by atoms with Crippen LogP contribution < -0.4 is 15.5 Å². The van der Waals surface area contributed by atoms with Gasteiger partial charge < -0.3 is 15.5 Å². The lowest BCUT2D eigenvalue weighted by Crippen LogP contribution is -2.28. The van der Waals surface area contributed by atoms with Gasteiger partial charge in [-0.1, -0.05) is 30.8 Å². The number of benzene rings is 2. The average Bonchev–Trinajstić information content (AvgIpc) is 3.01. The summed E-state index contributed by atoms with van der Waals surface area (Å²) in [5.74, 6) is -0.376. The normalized spacial score (nSPS) is 17.5. The number of thioether (sulfide) groups is 1. The molecule has 2 N–H and O–H groups in total.